The lowest BCUT2D eigenvalue weighted by Gasteiger charge is -2.42. The number of H-pyrrole nitrogens is 2. The first kappa shape index (κ1) is 19.8. The molecule has 0 aliphatic carbocycles. The maximum absolute atomic E-state index is 13.8. The van der Waals surface area contributed by atoms with Crippen LogP contribution in [0.15, 0.2) is 41.5 Å². The predicted octanol–water partition coefficient (Wildman–Crippen LogP) is 3.64. The number of aromatic amines is 2. The van der Waals surface area contributed by atoms with Crippen LogP contribution >= 0.6 is 11.9 Å². The molecule has 0 radical (unpaired) electrons. The van der Waals surface area contributed by atoms with Crippen LogP contribution in [0, 0.1) is 0 Å². The summed E-state index contributed by atoms with van der Waals surface area (Å²) < 4.78 is 43.1. The fourth-order valence-electron chi connectivity index (χ4n) is 3.68. The number of halogens is 3. The minimum atomic E-state index is -4.41. The van der Waals surface area contributed by atoms with Crippen LogP contribution in [0.2, 0.25) is 0 Å². The van der Waals surface area contributed by atoms with Gasteiger partial charge in [0.05, 0.1) is 0 Å². The van der Waals surface area contributed by atoms with E-state index in [9.17, 15) is 18.0 Å². The second-order valence-corrected chi connectivity index (χ2v) is 8.13. The number of aromatic nitrogens is 3. The smallest absolute Gasteiger partial charge is 0.346 e. The van der Waals surface area contributed by atoms with E-state index in [1.54, 1.807) is 28.8 Å². The summed E-state index contributed by atoms with van der Waals surface area (Å²) in [6.45, 7) is 2.42. The van der Waals surface area contributed by atoms with Gasteiger partial charge in [-0.2, -0.15) is 13.2 Å². The van der Waals surface area contributed by atoms with Crippen LogP contribution in [0.1, 0.15) is 6.92 Å². The number of alkyl halides is 3. The lowest BCUT2D eigenvalue weighted by Crippen LogP contribution is -2.58. The Balaban J connectivity index is 1.75. The van der Waals surface area contributed by atoms with Crippen LogP contribution in [-0.2, 0) is 0 Å². The molecule has 1 atom stereocenters. The number of pyridine rings is 2. The highest BCUT2D eigenvalue weighted by atomic mass is 32.2. The van der Waals surface area contributed by atoms with Crippen molar-refractivity contribution in [3.05, 3.63) is 47.0 Å². The van der Waals surface area contributed by atoms with E-state index in [0.717, 1.165) is 10.9 Å². The van der Waals surface area contributed by atoms with Crippen molar-refractivity contribution >= 4 is 28.8 Å². The Morgan fingerprint density at radius 1 is 1.28 bits per heavy atom. The Morgan fingerprint density at radius 2 is 2.10 bits per heavy atom. The molecule has 0 saturated carbocycles. The fourth-order valence-corrected chi connectivity index (χ4v) is 4.50. The van der Waals surface area contributed by atoms with Gasteiger partial charge in [-0.05, 0) is 29.3 Å². The monoisotopic (exact) mass is 423 g/mol. The first-order chi connectivity index (χ1) is 13.9. The maximum atomic E-state index is 13.8. The second-order valence-electron chi connectivity index (χ2n) is 6.77. The van der Waals surface area contributed by atoms with Crippen molar-refractivity contribution in [2.45, 2.75) is 19.1 Å². The highest BCUT2D eigenvalue weighted by molar-refractivity contribution is 7.96. The van der Waals surface area contributed by atoms with Gasteiger partial charge in [-0.3, -0.25) is 4.79 Å². The minimum Gasteiger partial charge on any atom is -0.346 e. The molecule has 2 N–H and O–H groups in total. The molecule has 0 aromatic carbocycles. The molecule has 3 aromatic heterocycles. The van der Waals surface area contributed by atoms with E-state index in [0.29, 0.717) is 23.5 Å². The van der Waals surface area contributed by atoms with Gasteiger partial charge < -0.3 is 14.9 Å². The molecular formula is C19H20F3N5OS. The van der Waals surface area contributed by atoms with Gasteiger partial charge in [-0.15, -0.1) is 0 Å². The Hall–Kier alpha value is -2.46. The predicted molar refractivity (Wildman–Crippen MR) is 109 cm³/mol. The molecule has 4 heterocycles. The van der Waals surface area contributed by atoms with Crippen LogP contribution in [-0.4, -0.2) is 56.9 Å². The van der Waals surface area contributed by atoms with Gasteiger partial charge in [0.1, 0.15) is 17.5 Å². The molecule has 10 heteroatoms. The summed E-state index contributed by atoms with van der Waals surface area (Å²) >= 11 is 1.40. The zero-order chi connectivity index (χ0) is 20.6. The van der Waals surface area contributed by atoms with Crippen LogP contribution < -0.4 is 10.5 Å². The third kappa shape index (κ3) is 3.99. The molecule has 154 valence electrons. The van der Waals surface area contributed by atoms with E-state index in [1.807, 2.05) is 13.0 Å². The zero-order valence-electron chi connectivity index (χ0n) is 15.7. The van der Waals surface area contributed by atoms with Gasteiger partial charge >= 0.3 is 6.18 Å². The third-order valence-electron chi connectivity index (χ3n) is 4.94. The molecule has 1 unspecified atom stereocenters. The molecule has 3 aromatic rings. The summed E-state index contributed by atoms with van der Waals surface area (Å²) in [5.74, 6) is 0.891. The summed E-state index contributed by atoms with van der Waals surface area (Å²) in [5.41, 5.74) is 1.52. The topological polar surface area (TPSA) is 68.0 Å². The van der Waals surface area contributed by atoms with Crippen molar-refractivity contribution in [2.24, 2.45) is 0 Å². The Labute approximate surface area is 169 Å². The van der Waals surface area contributed by atoms with Crippen LogP contribution in [0.3, 0.4) is 0 Å². The molecule has 1 fully saturated rings. The molecule has 0 bridgehead atoms. The largest absolute Gasteiger partial charge is 0.410 e. The second kappa shape index (κ2) is 7.75. The molecule has 1 saturated heterocycles. The lowest BCUT2D eigenvalue weighted by molar-refractivity contribution is -0.153. The van der Waals surface area contributed by atoms with Gasteiger partial charge in [0.2, 0.25) is 5.56 Å². The molecule has 1 aliphatic heterocycles. The third-order valence-corrected chi connectivity index (χ3v) is 5.90. The fraction of sp³-hybridized carbons (Fsp3) is 0.368. The average molecular weight is 423 g/mol. The molecule has 0 spiro atoms. The molecule has 1 aliphatic rings. The SMILES string of the molecule is CCSN1CCN(c2cc(-c3ccnc4[nH]ccc34)cc(=O)[nH]2)C(C(F)(F)F)C1. The van der Waals surface area contributed by atoms with E-state index in [-0.39, 0.29) is 18.9 Å². The summed E-state index contributed by atoms with van der Waals surface area (Å²) in [5, 5.41) is 0.806. The normalized spacial score (nSPS) is 18.5. The number of nitrogens with zero attached hydrogens (tertiary/aromatic N) is 3. The van der Waals surface area contributed by atoms with E-state index in [1.165, 1.54) is 22.9 Å². The maximum Gasteiger partial charge on any atom is 0.410 e. The van der Waals surface area contributed by atoms with E-state index in [4.69, 9.17) is 0 Å². The highest BCUT2D eigenvalue weighted by Crippen LogP contribution is 2.34. The standard InChI is InChI=1S/C19H20F3N5OS/c1-2-29-26-7-8-27(15(11-26)19(20,21)22)16-9-12(10-17(28)25-16)13-3-5-23-18-14(13)4-6-24-18/h3-6,9-10,15H,2,7-8,11H2,1H3,(H,23,24)(H,25,28). The van der Waals surface area contributed by atoms with E-state index >= 15 is 0 Å². The van der Waals surface area contributed by atoms with Crippen molar-refractivity contribution in [1.82, 2.24) is 19.3 Å². The molecular weight excluding hydrogens is 403 g/mol. The number of anilines is 1. The summed E-state index contributed by atoms with van der Waals surface area (Å²) in [6, 6.07) is 4.91. The number of piperazine rings is 1. The Morgan fingerprint density at radius 3 is 2.86 bits per heavy atom. The average Bonchev–Trinajstić information content (AvgIpc) is 3.16. The van der Waals surface area contributed by atoms with Gasteiger partial charge in [0.25, 0.3) is 0 Å². The van der Waals surface area contributed by atoms with Gasteiger partial charge in [0.15, 0.2) is 0 Å². The summed E-state index contributed by atoms with van der Waals surface area (Å²) in [4.78, 5) is 23.4. The number of nitrogens with one attached hydrogen (secondary N) is 2. The first-order valence-corrected chi connectivity index (χ1v) is 10.2. The molecule has 0 amide bonds. The van der Waals surface area contributed by atoms with E-state index < -0.39 is 17.8 Å². The molecule has 6 nitrogen and oxygen atoms in total. The Kier molecular flexibility index (Phi) is 5.30. The quantitative estimate of drug-likeness (QED) is 0.627. The van der Waals surface area contributed by atoms with Crippen LogP contribution in [0.4, 0.5) is 19.0 Å². The van der Waals surface area contributed by atoms with Crippen molar-refractivity contribution in [1.29, 1.82) is 0 Å². The first-order valence-electron chi connectivity index (χ1n) is 9.25. The highest BCUT2D eigenvalue weighted by Gasteiger charge is 2.47. The molecule has 29 heavy (non-hydrogen) atoms. The zero-order valence-corrected chi connectivity index (χ0v) is 16.5. The number of hydrogen-bond donors (Lipinski definition) is 2. The van der Waals surface area contributed by atoms with Crippen molar-refractivity contribution in [3.8, 4) is 11.1 Å². The van der Waals surface area contributed by atoms with Crippen molar-refractivity contribution in [3.63, 3.8) is 0 Å². The van der Waals surface area contributed by atoms with E-state index in [2.05, 4.69) is 15.0 Å². The lowest BCUT2D eigenvalue weighted by atomic mass is 10.0. The number of rotatable bonds is 4. The number of fused-ring (bicyclic) bond motifs is 1. The minimum absolute atomic E-state index is 0.147. The van der Waals surface area contributed by atoms with Gasteiger partial charge in [-0.25, -0.2) is 9.29 Å². The van der Waals surface area contributed by atoms with Crippen molar-refractivity contribution < 1.29 is 13.2 Å². The molecule has 4 rings (SSSR count). The number of hydrogen-bond acceptors (Lipinski definition) is 5. The summed E-state index contributed by atoms with van der Waals surface area (Å²) in [7, 11) is 0. The van der Waals surface area contributed by atoms with Crippen LogP contribution in [0.25, 0.3) is 22.2 Å². The van der Waals surface area contributed by atoms with Gasteiger partial charge in [-0.1, -0.05) is 18.9 Å². The van der Waals surface area contributed by atoms with Gasteiger partial charge in [0, 0.05) is 49.2 Å². The van der Waals surface area contributed by atoms with Crippen molar-refractivity contribution in [2.75, 3.05) is 30.3 Å². The summed E-state index contributed by atoms with van der Waals surface area (Å²) in [6.07, 6.45) is -1.07. The van der Waals surface area contributed by atoms with Crippen LogP contribution in [0.5, 0.6) is 0 Å². The Bertz CT molecular complexity index is 1060.